The summed E-state index contributed by atoms with van der Waals surface area (Å²) in [6.45, 7) is 0.585. The summed E-state index contributed by atoms with van der Waals surface area (Å²) >= 11 is 0. The van der Waals surface area contributed by atoms with E-state index in [1.54, 1.807) is 17.3 Å². The first-order valence-electron chi connectivity index (χ1n) is 7.70. The van der Waals surface area contributed by atoms with Gasteiger partial charge in [0, 0.05) is 18.9 Å². The summed E-state index contributed by atoms with van der Waals surface area (Å²) in [4.78, 5) is 23.7. The maximum absolute atomic E-state index is 12.9. The lowest BCUT2D eigenvalue weighted by molar-refractivity contribution is -0.137. The molecule has 6 nitrogen and oxygen atoms in total. The normalized spacial score (nSPS) is 12.3. The van der Waals surface area contributed by atoms with E-state index < -0.39 is 0 Å². The van der Waals surface area contributed by atoms with Gasteiger partial charge >= 0.3 is 0 Å². The molecule has 2 aromatic rings. The van der Waals surface area contributed by atoms with Crippen molar-refractivity contribution < 1.29 is 9.90 Å². The molecule has 0 aliphatic heterocycles. The predicted octanol–water partition coefficient (Wildman–Crippen LogP) is 0.903. The van der Waals surface area contributed by atoms with Crippen LogP contribution in [0.3, 0.4) is 0 Å². The second-order valence-electron chi connectivity index (χ2n) is 5.69. The van der Waals surface area contributed by atoms with Crippen LogP contribution in [0.15, 0.2) is 42.7 Å². The Bertz CT molecular complexity index is 584. The molecule has 23 heavy (non-hydrogen) atoms. The highest BCUT2D eigenvalue weighted by Crippen LogP contribution is 2.11. The third-order valence-corrected chi connectivity index (χ3v) is 3.76. The van der Waals surface area contributed by atoms with E-state index in [0.717, 1.165) is 5.56 Å². The molecule has 2 N–H and O–H groups in total. The Labute approximate surface area is 136 Å². The van der Waals surface area contributed by atoms with Gasteiger partial charge in [-0.15, -0.1) is 0 Å². The van der Waals surface area contributed by atoms with Gasteiger partial charge in [0.25, 0.3) is 0 Å². The number of nitrogens with zero attached hydrogens (tertiary/aromatic N) is 3. The van der Waals surface area contributed by atoms with Crippen LogP contribution in [0.2, 0.25) is 0 Å². The third kappa shape index (κ3) is 4.91. The fourth-order valence-electron chi connectivity index (χ4n) is 2.49. The maximum Gasteiger partial charge on any atom is 0.240 e. The molecule has 0 spiro atoms. The minimum atomic E-state index is -0.279. The Morgan fingerprint density at radius 1 is 1.30 bits per heavy atom. The molecule has 0 saturated carbocycles. The molecule has 0 bridgehead atoms. The number of hydrogen-bond acceptors (Lipinski definition) is 4. The standard InChI is InChI=1S/C17H24N4O2/c1-20(2)15(12-14-6-4-3-5-7-14)17(23)21(10-11-22)13-16-18-8-9-19-16/h3-9,15,22H,10-13H2,1-2H3,(H,18,19)/t15-/m0/s1. The highest BCUT2D eigenvalue weighted by atomic mass is 16.3. The molecule has 1 heterocycles. The van der Waals surface area contributed by atoms with Gasteiger partial charge in [-0.25, -0.2) is 4.98 Å². The number of hydrogen-bond donors (Lipinski definition) is 2. The highest BCUT2D eigenvalue weighted by Gasteiger charge is 2.26. The van der Waals surface area contributed by atoms with Crippen LogP contribution in [0.4, 0.5) is 0 Å². The van der Waals surface area contributed by atoms with E-state index in [-0.39, 0.29) is 18.6 Å². The fraction of sp³-hybridized carbons (Fsp3) is 0.412. The Morgan fingerprint density at radius 3 is 2.61 bits per heavy atom. The van der Waals surface area contributed by atoms with Crippen molar-refractivity contribution >= 4 is 5.91 Å². The zero-order valence-electron chi connectivity index (χ0n) is 13.6. The van der Waals surface area contributed by atoms with Gasteiger partial charge < -0.3 is 15.0 Å². The van der Waals surface area contributed by atoms with Crippen molar-refractivity contribution in [3.63, 3.8) is 0 Å². The summed E-state index contributed by atoms with van der Waals surface area (Å²) in [7, 11) is 3.80. The number of aromatic nitrogens is 2. The van der Waals surface area contributed by atoms with Crippen molar-refractivity contribution in [1.29, 1.82) is 0 Å². The molecular weight excluding hydrogens is 292 g/mol. The number of carbonyl (C=O) groups excluding carboxylic acids is 1. The number of H-pyrrole nitrogens is 1. The first kappa shape index (κ1) is 17.2. The summed E-state index contributed by atoms with van der Waals surface area (Å²) in [6, 6.07) is 9.67. The van der Waals surface area contributed by atoms with Crippen molar-refractivity contribution in [2.75, 3.05) is 27.2 Å². The number of likely N-dealkylation sites (N-methyl/N-ethyl adjacent to an activating group) is 1. The zero-order valence-corrected chi connectivity index (χ0v) is 13.6. The van der Waals surface area contributed by atoms with Crippen LogP contribution in [-0.4, -0.2) is 64.1 Å². The van der Waals surface area contributed by atoms with Crippen molar-refractivity contribution in [2.24, 2.45) is 0 Å². The summed E-state index contributed by atoms with van der Waals surface area (Å²) in [5, 5.41) is 9.29. The van der Waals surface area contributed by atoms with E-state index >= 15 is 0 Å². The molecule has 124 valence electrons. The van der Waals surface area contributed by atoms with Crippen LogP contribution in [0, 0.1) is 0 Å². The second-order valence-corrected chi connectivity index (χ2v) is 5.69. The lowest BCUT2D eigenvalue weighted by Gasteiger charge is -2.30. The van der Waals surface area contributed by atoms with Crippen molar-refractivity contribution in [1.82, 2.24) is 19.8 Å². The highest BCUT2D eigenvalue weighted by molar-refractivity contribution is 5.82. The van der Waals surface area contributed by atoms with E-state index in [4.69, 9.17) is 0 Å². The van der Waals surface area contributed by atoms with Gasteiger partial charge in [0.1, 0.15) is 5.82 Å². The number of benzene rings is 1. The molecule has 0 aliphatic carbocycles. The van der Waals surface area contributed by atoms with Crippen LogP contribution < -0.4 is 0 Å². The van der Waals surface area contributed by atoms with Crippen molar-refractivity contribution in [3.8, 4) is 0 Å². The summed E-state index contributed by atoms with van der Waals surface area (Å²) in [5.74, 6) is 0.702. The molecule has 1 aromatic carbocycles. The number of nitrogens with one attached hydrogen (secondary N) is 1. The smallest absolute Gasteiger partial charge is 0.240 e. The third-order valence-electron chi connectivity index (χ3n) is 3.76. The molecular formula is C17H24N4O2. The van der Waals surface area contributed by atoms with Gasteiger partial charge in [0.2, 0.25) is 5.91 Å². The number of rotatable bonds is 8. The largest absolute Gasteiger partial charge is 0.395 e. The quantitative estimate of drug-likeness (QED) is 0.759. The zero-order chi connectivity index (χ0) is 16.7. The Kier molecular flexibility index (Phi) is 6.31. The Morgan fingerprint density at radius 2 is 2.04 bits per heavy atom. The van der Waals surface area contributed by atoms with Gasteiger partial charge in [-0.2, -0.15) is 0 Å². The topological polar surface area (TPSA) is 72.5 Å². The molecule has 6 heteroatoms. The first-order valence-corrected chi connectivity index (χ1v) is 7.70. The molecule has 1 amide bonds. The van der Waals surface area contributed by atoms with E-state index in [1.165, 1.54) is 0 Å². The number of aliphatic hydroxyl groups is 1. The van der Waals surface area contributed by atoms with Crippen molar-refractivity contribution in [3.05, 3.63) is 54.1 Å². The van der Waals surface area contributed by atoms with E-state index in [9.17, 15) is 9.90 Å². The van der Waals surface area contributed by atoms with Gasteiger partial charge in [0.15, 0.2) is 0 Å². The molecule has 1 aromatic heterocycles. The van der Waals surface area contributed by atoms with Gasteiger partial charge in [-0.3, -0.25) is 9.69 Å². The minimum absolute atomic E-state index is 0.00990. The monoisotopic (exact) mass is 316 g/mol. The number of aromatic amines is 1. The molecule has 0 saturated heterocycles. The average Bonchev–Trinajstić information content (AvgIpc) is 3.05. The predicted molar refractivity (Wildman–Crippen MR) is 88.7 cm³/mol. The molecule has 1 atom stereocenters. The molecule has 0 aliphatic rings. The summed E-state index contributed by atoms with van der Waals surface area (Å²) in [6.07, 6.45) is 4.02. The number of aliphatic hydroxyl groups excluding tert-OH is 1. The second kappa shape index (κ2) is 8.45. The van der Waals surface area contributed by atoms with Crippen LogP contribution in [0.25, 0.3) is 0 Å². The van der Waals surface area contributed by atoms with Crippen LogP contribution in [0.5, 0.6) is 0 Å². The van der Waals surface area contributed by atoms with Crippen molar-refractivity contribution in [2.45, 2.75) is 19.0 Å². The van der Waals surface area contributed by atoms with Crippen LogP contribution >= 0.6 is 0 Å². The molecule has 0 unspecified atom stereocenters. The lowest BCUT2D eigenvalue weighted by atomic mass is 10.0. The molecule has 0 fully saturated rings. The van der Waals surface area contributed by atoms with Crippen LogP contribution in [-0.2, 0) is 17.8 Å². The SMILES string of the molecule is CN(C)[C@@H](Cc1ccccc1)C(=O)N(CCO)Cc1ncc[nH]1. The van der Waals surface area contributed by atoms with E-state index in [0.29, 0.717) is 25.3 Å². The first-order chi connectivity index (χ1) is 11.1. The van der Waals surface area contributed by atoms with Gasteiger partial charge in [0.05, 0.1) is 19.2 Å². The Hall–Kier alpha value is -2.18. The summed E-state index contributed by atoms with van der Waals surface area (Å²) < 4.78 is 0. The van der Waals surface area contributed by atoms with Crippen LogP contribution in [0.1, 0.15) is 11.4 Å². The van der Waals surface area contributed by atoms with E-state index in [2.05, 4.69) is 9.97 Å². The minimum Gasteiger partial charge on any atom is -0.395 e. The molecule has 2 rings (SSSR count). The molecule has 0 radical (unpaired) electrons. The fourth-order valence-corrected chi connectivity index (χ4v) is 2.49. The van der Waals surface area contributed by atoms with Gasteiger partial charge in [-0.1, -0.05) is 30.3 Å². The van der Waals surface area contributed by atoms with Gasteiger partial charge in [-0.05, 0) is 26.1 Å². The lowest BCUT2D eigenvalue weighted by Crippen LogP contribution is -2.47. The average molecular weight is 316 g/mol. The Balaban J connectivity index is 2.13. The number of imidazole rings is 1. The summed E-state index contributed by atoms with van der Waals surface area (Å²) in [5.41, 5.74) is 1.11. The maximum atomic E-state index is 12.9. The number of amides is 1. The number of carbonyl (C=O) groups is 1. The van der Waals surface area contributed by atoms with E-state index in [1.807, 2.05) is 49.3 Å².